The molecule has 0 N–H and O–H groups in total. The third-order valence-electron chi connectivity index (χ3n) is 5.69. The summed E-state index contributed by atoms with van der Waals surface area (Å²) in [5.41, 5.74) is 1.10. The second-order valence-electron chi connectivity index (χ2n) is 7.38. The van der Waals surface area contributed by atoms with E-state index in [9.17, 15) is 13.0 Å². The van der Waals surface area contributed by atoms with Crippen molar-refractivity contribution >= 4 is 39.2 Å². The molecule has 0 bridgehead atoms. The van der Waals surface area contributed by atoms with Gasteiger partial charge in [0.1, 0.15) is 5.75 Å². The lowest BCUT2D eigenvalue weighted by Crippen LogP contribution is -2.46. The van der Waals surface area contributed by atoms with Gasteiger partial charge >= 0.3 is 0 Å². The van der Waals surface area contributed by atoms with Gasteiger partial charge in [-0.2, -0.15) is 0 Å². The van der Waals surface area contributed by atoms with E-state index in [-0.39, 0.29) is 5.56 Å². The molecule has 0 aliphatic carbocycles. The summed E-state index contributed by atoms with van der Waals surface area (Å²) in [5.74, 6) is 0.694. The maximum atomic E-state index is 13.6. The molecule has 3 aromatic rings. The van der Waals surface area contributed by atoms with Gasteiger partial charge in [0.15, 0.2) is 11.0 Å². The summed E-state index contributed by atoms with van der Waals surface area (Å²) in [6.45, 7) is 6.68. The van der Waals surface area contributed by atoms with Crippen molar-refractivity contribution in [3.05, 3.63) is 53.2 Å². The largest absolute Gasteiger partial charge is 0.495 e. The van der Waals surface area contributed by atoms with Gasteiger partial charge in [-0.15, -0.1) is 0 Å². The number of alkyl halides is 2. The molecule has 0 radical (unpaired) electrons. The van der Waals surface area contributed by atoms with Crippen LogP contribution in [0.3, 0.4) is 0 Å². The van der Waals surface area contributed by atoms with Crippen molar-refractivity contribution in [3.8, 4) is 5.75 Å². The molecule has 9 heteroatoms. The molecule has 2 aromatic carbocycles. The molecule has 1 fully saturated rings. The highest BCUT2D eigenvalue weighted by molar-refractivity contribution is 7.83. The summed E-state index contributed by atoms with van der Waals surface area (Å²) in [4.78, 5) is 5.08. The first-order chi connectivity index (χ1) is 14.9. The van der Waals surface area contributed by atoms with E-state index in [1.807, 2.05) is 6.07 Å². The Balaban J connectivity index is 1.74. The molecule has 1 aliphatic rings. The van der Waals surface area contributed by atoms with Crippen LogP contribution in [-0.4, -0.2) is 52.9 Å². The fourth-order valence-electron chi connectivity index (χ4n) is 3.95. The number of piperazine rings is 1. The Morgan fingerprint density at radius 1 is 1.13 bits per heavy atom. The average Bonchev–Trinajstić information content (AvgIpc) is 3.17. The summed E-state index contributed by atoms with van der Waals surface area (Å²) in [6, 6.07) is 9.98. The second-order valence-corrected chi connectivity index (χ2v) is 9.18. The second kappa shape index (κ2) is 9.14. The molecule has 1 saturated heterocycles. The third kappa shape index (κ3) is 4.29. The van der Waals surface area contributed by atoms with Crippen molar-refractivity contribution in [1.29, 1.82) is 0 Å². The number of methoxy groups -OCH3 is 1. The van der Waals surface area contributed by atoms with Crippen LogP contribution in [0.25, 0.3) is 10.9 Å². The van der Waals surface area contributed by atoms with Gasteiger partial charge in [-0.3, -0.25) is 3.97 Å². The standard InChI is InChI=1S/C22H24ClF2N3O2S/c1-3-26-8-10-27(11-9-26)20-13-16(5-7-21(20)30-2)31(29)28-14-18(22(24)25)17-6-4-15(23)12-19(17)28/h4-7,12-14,22H,3,8-11H2,1-2H3. The van der Waals surface area contributed by atoms with E-state index >= 15 is 0 Å². The van der Waals surface area contributed by atoms with E-state index in [2.05, 4.69) is 16.7 Å². The van der Waals surface area contributed by atoms with E-state index < -0.39 is 17.4 Å². The Kier molecular flexibility index (Phi) is 6.50. The minimum atomic E-state index is -2.68. The van der Waals surface area contributed by atoms with E-state index in [0.29, 0.717) is 26.6 Å². The summed E-state index contributed by atoms with van der Waals surface area (Å²) in [7, 11) is -0.122. The number of nitrogens with zero attached hydrogens (tertiary/aromatic N) is 3. The minimum absolute atomic E-state index is 0.163. The first-order valence-electron chi connectivity index (χ1n) is 10.1. The topological polar surface area (TPSA) is 37.7 Å². The van der Waals surface area contributed by atoms with Crippen LogP contribution in [0.2, 0.25) is 5.02 Å². The maximum Gasteiger partial charge on any atom is 0.265 e. The third-order valence-corrected chi connectivity index (χ3v) is 7.24. The first-order valence-corrected chi connectivity index (χ1v) is 11.6. The van der Waals surface area contributed by atoms with Gasteiger partial charge in [-0.25, -0.2) is 13.0 Å². The maximum absolute atomic E-state index is 13.6. The van der Waals surface area contributed by atoms with Gasteiger partial charge < -0.3 is 14.5 Å². The Morgan fingerprint density at radius 2 is 1.87 bits per heavy atom. The Morgan fingerprint density at radius 3 is 2.52 bits per heavy atom. The number of fused-ring (bicyclic) bond motifs is 1. The monoisotopic (exact) mass is 467 g/mol. The van der Waals surface area contributed by atoms with Gasteiger partial charge in [-0.05, 0) is 36.9 Å². The van der Waals surface area contributed by atoms with Crippen molar-refractivity contribution in [1.82, 2.24) is 8.87 Å². The average molecular weight is 468 g/mol. The zero-order valence-electron chi connectivity index (χ0n) is 17.4. The van der Waals surface area contributed by atoms with E-state index in [1.165, 1.54) is 10.2 Å². The highest BCUT2D eigenvalue weighted by Gasteiger charge is 2.23. The number of hydrogen-bond acceptors (Lipinski definition) is 4. The zero-order chi connectivity index (χ0) is 22.1. The Labute approximate surface area is 187 Å². The number of rotatable bonds is 6. The lowest BCUT2D eigenvalue weighted by molar-refractivity contribution is 0.153. The molecule has 1 aromatic heterocycles. The summed E-state index contributed by atoms with van der Waals surface area (Å²) >= 11 is 6.09. The molecule has 0 saturated carbocycles. The van der Waals surface area contributed by atoms with E-state index in [4.69, 9.17) is 16.3 Å². The summed E-state index contributed by atoms with van der Waals surface area (Å²) < 4.78 is 47.5. The van der Waals surface area contributed by atoms with Crippen LogP contribution in [0.15, 0.2) is 47.5 Å². The zero-order valence-corrected chi connectivity index (χ0v) is 18.9. The molecular weight excluding hydrogens is 444 g/mol. The number of benzene rings is 2. The molecular formula is C22H24ClF2N3O2S. The molecule has 1 aliphatic heterocycles. The van der Waals surface area contributed by atoms with E-state index in [1.54, 1.807) is 37.4 Å². The van der Waals surface area contributed by atoms with Crippen LogP contribution in [0.4, 0.5) is 14.5 Å². The van der Waals surface area contributed by atoms with Crippen molar-refractivity contribution in [3.63, 3.8) is 0 Å². The SMILES string of the molecule is CCN1CCN(c2cc(S(=O)n3cc(C(F)F)c4ccc(Cl)cc43)ccc2OC)CC1. The van der Waals surface area contributed by atoms with Gasteiger partial charge in [0.25, 0.3) is 6.43 Å². The minimum Gasteiger partial charge on any atom is -0.495 e. The summed E-state index contributed by atoms with van der Waals surface area (Å²) in [6.07, 6.45) is -1.42. The van der Waals surface area contributed by atoms with Gasteiger partial charge in [0.2, 0.25) is 0 Å². The normalized spacial score (nSPS) is 16.3. The molecule has 2 heterocycles. The highest BCUT2D eigenvalue weighted by Crippen LogP contribution is 2.35. The number of ether oxygens (including phenoxy) is 1. The van der Waals surface area contributed by atoms with Gasteiger partial charge in [-0.1, -0.05) is 24.6 Å². The fraction of sp³-hybridized carbons (Fsp3) is 0.364. The van der Waals surface area contributed by atoms with Gasteiger partial charge in [0.05, 0.1) is 23.2 Å². The number of aromatic nitrogens is 1. The Bertz CT molecular complexity index is 1110. The van der Waals surface area contributed by atoms with Crippen molar-refractivity contribution in [2.75, 3.05) is 44.7 Å². The number of anilines is 1. The number of hydrogen-bond donors (Lipinski definition) is 0. The number of halogens is 3. The van der Waals surface area contributed by atoms with Crippen molar-refractivity contribution in [2.24, 2.45) is 0 Å². The predicted octanol–water partition coefficient (Wildman–Crippen LogP) is 4.95. The van der Waals surface area contributed by atoms with Gasteiger partial charge in [0, 0.05) is 48.3 Å². The quantitative estimate of drug-likeness (QED) is 0.514. The fourth-order valence-corrected chi connectivity index (χ4v) is 5.28. The van der Waals surface area contributed by atoms with Crippen LogP contribution in [0, 0.1) is 0 Å². The highest BCUT2D eigenvalue weighted by atomic mass is 35.5. The molecule has 1 unspecified atom stereocenters. The Hall–Kier alpha value is -2.16. The molecule has 4 rings (SSSR count). The summed E-state index contributed by atoms with van der Waals surface area (Å²) in [5, 5.41) is 0.742. The predicted molar refractivity (Wildman–Crippen MR) is 121 cm³/mol. The van der Waals surface area contributed by atoms with Crippen LogP contribution in [0.1, 0.15) is 18.9 Å². The first kappa shape index (κ1) is 22.0. The molecule has 31 heavy (non-hydrogen) atoms. The van der Waals surface area contributed by atoms with Crippen LogP contribution >= 0.6 is 11.6 Å². The van der Waals surface area contributed by atoms with Crippen LogP contribution in [-0.2, 0) is 11.0 Å². The molecule has 0 amide bonds. The van der Waals surface area contributed by atoms with Crippen molar-refractivity contribution in [2.45, 2.75) is 18.2 Å². The van der Waals surface area contributed by atoms with Crippen LogP contribution in [0.5, 0.6) is 5.75 Å². The van der Waals surface area contributed by atoms with Crippen LogP contribution < -0.4 is 9.64 Å². The molecule has 0 spiro atoms. The lowest BCUT2D eigenvalue weighted by Gasteiger charge is -2.36. The smallest absolute Gasteiger partial charge is 0.265 e. The van der Waals surface area contributed by atoms with Crippen molar-refractivity contribution < 1.29 is 17.7 Å². The van der Waals surface area contributed by atoms with E-state index in [0.717, 1.165) is 38.4 Å². The molecule has 166 valence electrons. The molecule has 5 nitrogen and oxygen atoms in total. The lowest BCUT2D eigenvalue weighted by atomic mass is 10.2. The number of likely N-dealkylation sites (N-methyl/N-ethyl adjacent to an activating group) is 1. The molecule has 1 atom stereocenters.